The maximum absolute atomic E-state index is 13.8. The molecule has 11 nitrogen and oxygen atoms in total. The van der Waals surface area contributed by atoms with E-state index in [2.05, 4.69) is 57.1 Å². The van der Waals surface area contributed by atoms with Gasteiger partial charge in [0.25, 0.3) is 5.91 Å². The minimum Gasteiger partial charge on any atom is -0.611 e. The highest BCUT2D eigenvalue weighted by Crippen LogP contribution is 2.33. The molecule has 3 aromatic carbocycles. The van der Waals surface area contributed by atoms with E-state index in [1.807, 2.05) is 56.3 Å². The van der Waals surface area contributed by atoms with Crippen molar-refractivity contribution in [3.8, 4) is 16.9 Å². The highest BCUT2D eigenvalue weighted by molar-refractivity contribution is 7.90. The van der Waals surface area contributed by atoms with Gasteiger partial charge in [-0.3, -0.25) is 9.59 Å². The topological polar surface area (TPSA) is 141 Å². The van der Waals surface area contributed by atoms with Gasteiger partial charge in [-0.2, -0.15) is 0 Å². The quantitative estimate of drug-likeness (QED) is 0.0621. The number of hydrogen-bond acceptors (Lipinski definition) is 8. The van der Waals surface area contributed by atoms with Crippen LogP contribution >= 0.6 is 0 Å². The van der Waals surface area contributed by atoms with Crippen molar-refractivity contribution in [2.45, 2.75) is 77.0 Å². The number of carboxylic acid groups (broad SMARTS) is 1. The van der Waals surface area contributed by atoms with Crippen LogP contribution in [0, 0.1) is 13.8 Å². The molecule has 1 aliphatic rings. The molecule has 0 saturated carbocycles. The van der Waals surface area contributed by atoms with Gasteiger partial charge >= 0.3 is 5.97 Å². The first-order chi connectivity index (χ1) is 26.7. The van der Waals surface area contributed by atoms with E-state index in [1.54, 1.807) is 12.1 Å². The van der Waals surface area contributed by atoms with Crippen LogP contribution in [0.2, 0.25) is 0 Å². The highest BCUT2D eigenvalue weighted by atomic mass is 32.2. The lowest BCUT2D eigenvalue weighted by molar-refractivity contribution is -0.135. The zero-order valence-corrected chi connectivity index (χ0v) is 33.4. The number of hydrogen-bond donors (Lipinski definition) is 3. The molecule has 0 saturated heterocycles. The molecule has 4 aromatic rings. The summed E-state index contributed by atoms with van der Waals surface area (Å²) >= 11 is -1.27. The summed E-state index contributed by atoms with van der Waals surface area (Å²) in [6.07, 6.45) is 6.39. The number of benzene rings is 3. The predicted molar refractivity (Wildman–Crippen MR) is 220 cm³/mol. The Hall–Kier alpha value is -4.62. The lowest BCUT2D eigenvalue weighted by Crippen LogP contribution is -2.35. The van der Waals surface area contributed by atoms with Crippen LogP contribution in [0.3, 0.4) is 0 Å². The number of carbonyl (C=O) groups is 2. The first-order valence-corrected chi connectivity index (χ1v) is 20.6. The van der Waals surface area contributed by atoms with Crippen LogP contribution in [0.1, 0.15) is 68.7 Å². The standard InChI is InChI=1S/C43H55N5O6S/c1-5-7-24-53-25-26-54-38-15-10-33(11-16-38)34-12-19-40-36(27-34)28-35(9-8-22-47(40)23-20-44-29-42(49)50)43(51)46-37-13-17-39(18-14-37)55(52)30-41-31(3)45-32(4)48(41)21-6-2/h10-19,27-28,44H,5-9,20-26,29-30H2,1-4H3,(H,46,51)(H,49,50)/b35-28+/t55-/m0/s1. The number of unbranched alkanes of at least 4 members (excludes halogenated alkanes) is 1. The molecule has 55 heavy (non-hydrogen) atoms. The Labute approximate surface area is 328 Å². The Balaban J connectivity index is 1.31. The van der Waals surface area contributed by atoms with Crippen LogP contribution in [0.25, 0.3) is 17.2 Å². The predicted octanol–water partition coefficient (Wildman–Crippen LogP) is 7.38. The maximum atomic E-state index is 13.8. The van der Waals surface area contributed by atoms with E-state index in [-0.39, 0.29) is 12.5 Å². The summed E-state index contributed by atoms with van der Waals surface area (Å²) in [5, 5.41) is 15.2. The molecule has 0 radical (unpaired) electrons. The van der Waals surface area contributed by atoms with Gasteiger partial charge in [-0.1, -0.05) is 38.5 Å². The third-order valence-corrected chi connectivity index (χ3v) is 10.9. The number of rotatable bonds is 20. The van der Waals surface area contributed by atoms with Crippen molar-refractivity contribution in [3.05, 3.63) is 95.1 Å². The number of amides is 1. The number of nitrogens with zero attached hydrogens (tertiary/aromatic N) is 3. The van der Waals surface area contributed by atoms with Gasteiger partial charge in [-0.05, 0) is 122 Å². The third kappa shape index (κ3) is 11.9. The molecule has 294 valence electrons. The van der Waals surface area contributed by atoms with E-state index in [0.29, 0.717) is 61.2 Å². The van der Waals surface area contributed by atoms with Crippen LogP contribution in [0.4, 0.5) is 11.4 Å². The summed E-state index contributed by atoms with van der Waals surface area (Å²) in [6.45, 7) is 12.6. The Morgan fingerprint density at radius 3 is 2.44 bits per heavy atom. The summed E-state index contributed by atoms with van der Waals surface area (Å²) < 4.78 is 27.0. The molecule has 1 aromatic heterocycles. The summed E-state index contributed by atoms with van der Waals surface area (Å²) in [7, 11) is 0. The van der Waals surface area contributed by atoms with E-state index in [9.17, 15) is 14.1 Å². The van der Waals surface area contributed by atoms with Gasteiger partial charge in [0.05, 0.1) is 24.5 Å². The number of nitrogens with one attached hydrogen (secondary N) is 2. The van der Waals surface area contributed by atoms with Gasteiger partial charge in [0.2, 0.25) is 0 Å². The molecular weight excluding hydrogens is 715 g/mol. The second-order valence-corrected chi connectivity index (χ2v) is 15.2. The number of aryl methyl sites for hydroxylation is 2. The third-order valence-electron chi connectivity index (χ3n) is 9.58. The SMILES string of the molecule is CCCCOCCOc1ccc(-c2ccc3c(c2)/C=C(/C(=O)Nc2ccc([S@@+]([O-])Cc4c(C)nc(C)n4CCC)cc2)CCCN3CCNCC(=O)O)cc1. The van der Waals surface area contributed by atoms with Crippen LogP contribution in [-0.4, -0.2) is 77.1 Å². The van der Waals surface area contributed by atoms with Crippen molar-refractivity contribution in [2.75, 3.05) is 56.2 Å². The fourth-order valence-corrected chi connectivity index (χ4v) is 7.90. The second kappa shape index (κ2) is 20.9. The highest BCUT2D eigenvalue weighted by Gasteiger charge is 2.21. The molecule has 1 atom stereocenters. The van der Waals surface area contributed by atoms with Crippen molar-refractivity contribution in [1.82, 2.24) is 14.9 Å². The minimum absolute atomic E-state index is 0.101. The molecule has 2 heterocycles. The summed E-state index contributed by atoms with van der Waals surface area (Å²) in [6, 6.07) is 21.5. The van der Waals surface area contributed by atoms with Gasteiger partial charge in [0.1, 0.15) is 18.2 Å². The van der Waals surface area contributed by atoms with E-state index in [4.69, 9.17) is 14.6 Å². The van der Waals surface area contributed by atoms with Crippen LogP contribution in [0.5, 0.6) is 5.75 Å². The van der Waals surface area contributed by atoms with Gasteiger partial charge in [-0.25, -0.2) is 4.98 Å². The first-order valence-electron chi connectivity index (χ1n) is 19.3. The van der Waals surface area contributed by atoms with Crippen molar-refractivity contribution >= 4 is 40.5 Å². The van der Waals surface area contributed by atoms with Crippen molar-refractivity contribution in [2.24, 2.45) is 0 Å². The largest absolute Gasteiger partial charge is 0.611 e. The van der Waals surface area contributed by atoms with Crippen LogP contribution in [0.15, 0.2) is 77.2 Å². The van der Waals surface area contributed by atoms with Crippen molar-refractivity contribution < 1.29 is 28.7 Å². The van der Waals surface area contributed by atoms with Crippen molar-refractivity contribution in [3.63, 3.8) is 0 Å². The molecule has 0 spiro atoms. The molecule has 0 aliphatic carbocycles. The monoisotopic (exact) mass is 769 g/mol. The number of ether oxygens (including phenoxy) is 2. The number of imidazole rings is 1. The zero-order valence-electron chi connectivity index (χ0n) is 32.6. The van der Waals surface area contributed by atoms with E-state index >= 15 is 0 Å². The Kier molecular flexibility index (Phi) is 15.8. The fraction of sp³-hybridized carbons (Fsp3) is 0.419. The zero-order chi connectivity index (χ0) is 39.2. The molecule has 0 bridgehead atoms. The lowest BCUT2D eigenvalue weighted by atomic mass is 9.96. The molecule has 0 fully saturated rings. The second-order valence-electron chi connectivity index (χ2n) is 13.8. The molecule has 5 rings (SSSR count). The van der Waals surface area contributed by atoms with Crippen LogP contribution < -0.4 is 20.3 Å². The molecule has 1 aliphatic heterocycles. The normalized spacial score (nSPS) is 14.3. The van der Waals surface area contributed by atoms with Gasteiger partial charge in [0, 0.05) is 49.7 Å². The minimum atomic E-state index is -1.27. The average molecular weight is 770 g/mol. The summed E-state index contributed by atoms with van der Waals surface area (Å²) in [5.74, 6) is 1.02. The number of aromatic nitrogens is 2. The number of carbonyl (C=O) groups excluding carboxylic acids is 1. The molecule has 12 heteroatoms. The van der Waals surface area contributed by atoms with E-state index in [0.717, 1.165) is 84.2 Å². The maximum Gasteiger partial charge on any atom is 0.317 e. The summed E-state index contributed by atoms with van der Waals surface area (Å²) in [4.78, 5) is 32.4. The number of fused-ring (bicyclic) bond motifs is 1. The van der Waals surface area contributed by atoms with Gasteiger partial charge in [0.15, 0.2) is 10.6 Å². The Morgan fingerprint density at radius 1 is 0.945 bits per heavy atom. The van der Waals surface area contributed by atoms with Crippen molar-refractivity contribution in [1.29, 1.82) is 0 Å². The van der Waals surface area contributed by atoms with Crippen LogP contribution in [-0.2, 0) is 37.8 Å². The number of anilines is 2. The molecular formula is C43H55N5O6S. The summed E-state index contributed by atoms with van der Waals surface area (Å²) in [5.41, 5.74) is 7.10. The molecule has 0 unspecified atom stereocenters. The van der Waals surface area contributed by atoms with Gasteiger partial charge in [-0.15, -0.1) is 0 Å². The Morgan fingerprint density at radius 2 is 1.71 bits per heavy atom. The Bertz CT molecular complexity index is 1890. The van der Waals surface area contributed by atoms with E-state index in [1.165, 1.54) is 0 Å². The number of aliphatic carboxylic acids is 1. The lowest BCUT2D eigenvalue weighted by Gasteiger charge is -2.29. The first kappa shape index (κ1) is 41.5. The van der Waals surface area contributed by atoms with E-state index < -0.39 is 17.1 Å². The van der Waals surface area contributed by atoms with Gasteiger partial charge < -0.3 is 39.2 Å². The molecule has 3 N–H and O–H groups in total. The average Bonchev–Trinajstić information content (AvgIpc) is 3.43. The fourth-order valence-electron chi connectivity index (χ4n) is 6.68. The smallest absolute Gasteiger partial charge is 0.317 e. The number of carboxylic acids is 1. The molecule has 1 amide bonds.